The van der Waals surface area contributed by atoms with Crippen LogP contribution in [-0.2, 0) is 9.59 Å². The second-order valence-corrected chi connectivity index (χ2v) is 6.76. The smallest absolute Gasteiger partial charge is 0.359 e. The molecule has 1 heterocycles. The molecule has 2 N–H and O–H groups in total. The fourth-order valence-electron chi connectivity index (χ4n) is 2.94. The van der Waals surface area contributed by atoms with Crippen molar-refractivity contribution in [2.75, 3.05) is 29.9 Å². The Morgan fingerprint density at radius 3 is 2.52 bits per heavy atom. The number of piperazine rings is 1. The van der Waals surface area contributed by atoms with E-state index in [9.17, 15) is 22.8 Å². The molecule has 5 nitrogen and oxygen atoms in total. The zero-order chi connectivity index (χ0) is 21.0. The second kappa shape index (κ2) is 8.57. The molecule has 2 aromatic carbocycles. The molecule has 0 atom stereocenters. The molecule has 0 aliphatic carbocycles. The highest BCUT2D eigenvalue weighted by molar-refractivity contribution is 6.33. The molecule has 9 heteroatoms. The first kappa shape index (κ1) is 20.7. The van der Waals surface area contributed by atoms with Crippen molar-refractivity contribution in [1.82, 2.24) is 5.32 Å². The molecule has 0 radical (unpaired) electrons. The van der Waals surface area contributed by atoms with Crippen molar-refractivity contribution in [3.8, 4) is 0 Å². The number of carbonyl (C=O) groups is 2. The lowest BCUT2D eigenvalue weighted by Gasteiger charge is -2.29. The third kappa shape index (κ3) is 5.29. The molecule has 2 aromatic rings. The van der Waals surface area contributed by atoms with E-state index in [2.05, 4.69) is 10.6 Å². The summed E-state index contributed by atoms with van der Waals surface area (Å²) in [4.78, 5) is 25.5. The Bertz CT molecular complexity index is 946. The van der Waals surface area contributed by atoms with Gasteiger partial charge < -0.3 is 15.5 Å². The molecule has 3 rings (SSSR count). The fraction of sp³-hybridized carbons (Fsp3) is 0.200. The van der Waals surface area contributed by atoms with Crippen molar-refractivity contribution in [2.24, 2.45) is 0 Å². The monoisotopic (exact) mass is 423 g/mol. The van der Waals surface area contributed by atoms with Gasteiger partial charge in [-0.15, -0.1) is 0 Å². The summed E-state index contributed by atoms with van der Waals surface area (Å²) in [7, 11) is 0. The van der Waals surface area contributed by atoms with E-state index < -0.39 is 17.7 Å². The minimum Gasteiger partial charge on any atom is -0.359 e. The van der Waals surface area contributed by atoms with Gasteiger partial charge in [0.2, 0.25) is 11.8 Å². The highest BCUT2D eigenvalue weighted by Crippen LogP contribution is 2.34. The number of hydrogen-bond acceptors (Lipinski definition) is 3. The van der Waals surface area contributed by atoms with Gasteiger partial charge in [-0.05, 0) is 23.8 Å². The third-order valence-corrected chi connectivity index (χ3v) is 4.56. The number of anilines is 2. The fourth-order valence-corrected chi connectivity index (χ4v) is 3.24. The molecular weight excluding hydrogens is 407 g/mol. The Balaban J connectivity index is 1.78. The summed E-state index contributed by atoms with van der Waals surface area (Å²) in [5, 5.41) is 5.38. The minimum atomic E-state index is -4.69. The molecule has 0 aromatic heterocycles. The summed E-state index contributed by atoms with van der Waals surface area (Å²) in [6, 6.07) is 11.7. The molecule has 29 heavy (non-hydrogen) atoms. The van der Waals surface area contributed by atoms with Crippen molar-refractivity contribution in [3.63, 3.8) is 0 Å². The molecule has 152 valence electrons. The quantitative estimate of drug-likeness (QED) is 0.734. The van der Waals surface area contributed by atoms with Gasteiger partial charge in [0.15, 0.2) is 0 Å². The molecule has 2 amide bonds. The van der Waals surface area contributed by atoms with Crippen LogP contribution in [0, 0.1) is 0 Å². The standard InChI is InChI=1S/C20H17ClF3N3O2/c21-16-10-14(6-7-17(16)27-9-8-25-19(29)12-27)26-18(28)11-15(20(22,23)24)13-4-2-1-3-5-13/h1-7,10-11H,8-9,12H2,(H,25,29)(H,26,28)/b15-11+. The van der Waals surface area contributed by atoms with Crippen molar-refractivity contribution >= 4 is 40.4 Å². The summed E-state index contributed by atoms with van der Waals surface area (Å²) in [6.45, 7) is 1.21. The lowest BCUT2D eigenvalue weighted by molar-refractivity contribution is -0.120. The van der Waals surface area contributed by atoms with Crippen LogP contribution in [0.2, 0.25) is 5.02 Å². The Morgan fingerprint density at radius 2 is 1.90 bits per heavy atom. The predicted molar refractivity (Wildman–Crippen MR) is 106 cm³/mol. The lowest BCUT2D eigenvalue weighted by atomic mass is 10.1. The van der Waals surface area contributed by atoms with E-state index in [1.807, 2.05) is 0 Å². The third-order valence-electron chi connectivity index (χ3n) is 4.26. The first-order valence-electron chi connectivity index (χ1n) is 8.70. The van der Waals surface area contributed by atoms with E-state index in [1.165, 1.54) is 36.4 Å². The normalized spacial score (nSPS) is 15.1. The number of nitrogens with one attached hydrogen (secondary N) is 2. The van der Waals surface area contributed by atoms with Gasteiger partial charge in [-0.2, -0.15) is 13.2 Å². The average molecular weight is 424 g/mol. The van der Waals surface area contributed by atoms with Crippen molar-refractivity contribution < 1.29 is 22.8 Å². The summed E-state index contributed by atoms with van der Waals surface area (Å²) in [6.07, 6.45) is -4.17. The molecular formula is C20H17ClF3N3O2. The van der Waals surface area contributed by atoms with Crippen LogP contribution in [0.1, 0.15) is 5.56 Å². The van der Waals surface area contributed by atoms with Crippen LogP contribution in [0.15, 0.2) is 54.6 Å². The number of alkyl halides is 3. The van der Waals surface area contributed by atoms with Crippen LogP contribution in [0.3, 0.4) is 0 Å². The van der Waals surface area contributed by atoms with Gasteiger partial charge in [-0.25, -0.2) is 0 Å². The van der Waals surface area contributed by atoms with Gasteiger partial charge in [0.25, 0.3) is 0 Å². The number of nitrogens with zero attached hydrogens (tertiary/aromatic N) is 1. The molecule has 1 aliphatic rings. The molecule has 0 bridgehead atoms. The maximum atomic E-state index is 13.4. The van der Waals surface area contributed by atoms with Gasteiger partial charge in [-0.3, -0.25) is 9.59 Å². The van der Waals surface area contributed by atoms with Crippen molar-refractivity contribution in [2.45, 2.75) is 6.18 Å². The Labute approximate surface area is 170 Å². The Morgan fingerprint density at radius 1 is 1.17 bits per heavy atom. The molecule has 1 saturated heterocycles. The number of allylic oxidation sites excluding steroid dienone is 1. The van der Waals surface area contributed by atoms with Crippen LogP contribution in [0.5, 0.6) is 0 Å². The van der Waals surface area contributed by atoms with E-state index in [0.717, 1.165) is 0 Å². The zero-order valence-electron chi connectivity index (χ0n) is 15.1. The highest BCUT2D eigenvalue weighted by Gasteiger charge is 2.35. The van der Waals surface area contributed by atoms with Gasteiger partial charge in [-0.1, -0.05) is 41.9 Å². The van der Waals surface area contributed by atoms with Crippen LogP contribution in [0.4, 0.5) is 24.5 Å². The highest BCUT2D eigenvalue weighted by atomic mass is 35.5. The Hall–Kier alpha value is -3.00. The number of benzene rings is 2. The van der Waals surface area contributed by atoms with E-state index in [1.54, 1.807) is 17.0 Å². The maximum absolute atomic E-state index is 13.4. The molecule has 0 saturated carbocycles. The van der Waals surface area contributed by atoms with E-state index in [4.69, 9.17) is 11.6 Å². The summed E-state index contributed by atoms with van der Waals surface area (Å²) < 4.78 is 40.1. The molecule has 0 unspecified atom stereocenters. The summed E-state index contributed by atoms with van der Waals surface area (Å²) in [5.74, 6) is -1.06. The molecule has 1 aliphatic heterocycles. The largest absolute Gasteiger partial charge is 0.417 e. The van der Waals surface area contributed by atoms with Crippen molar-refractivity contribution in [1.29, 1.82) is 0 Å². The predicted octanol–water partition coefficient (Wildman–Crippen LogP) is 3.86. The van der Waals surface area contributed by atoms with E-state index in [-0.39, 0.29) is 28.7 Å². The first-order valence-corrected chi connectivity index (χ1v) is 9.08. The number of hydrogen-bond donors (Lipinski definition) is 2. The van der Waals surface area contributed by atoms with E-state index >= 15 is 0 Å². The molecule has 0 spiro atoms. The van der Waals surface area contributed by atoms with Crippen LogP contribution >= 0.6 is 11.6 Å². The average Bonchev–Trinajstić information content (AvgIpc) is 2.66. The maximum Gasteiger partial charge on any atom is 0.417 e. The van der Waals surface area contributed by atoms with Crippen LogP contribution < -0.4 is 15.5 Å². The second-order valence-electron chi connectivity index (χ2n) is 6.35. The van der Waals surface area contributed by atoms with E-state index in [0.29, 0.717) is 24.9 Å². The van der Waals surface area contributed by atoms with Crippen molar-refractivity contribution in [3.05, 3.63) is 65.2 Å². The first-order chi connectivity index (χ1) is 13.7. The number of amides is 2. The number of carbonyl (C=O) groups excluding carboxylic acids is 2. The Kier molecular flexibility index (Phi) is 6.12. The van der Waals surface area contributed by atoms with Crippen LogP contribution in [-0.4, -0.2) is 37.6 Å². The summed E-state index contributed by atoms with van der Waals surface area (Å²) in [5.41, 5.74) is -0.295. The minimum absolute atomic E-state index is 0.105. The van der Waals surface area contributed by atoms with Gasteiger partial charge in [0.1, 0.15) is 0 Å². The van der Waals surface area contributed by atoms with Gasteiger partial charge in [0, 0.05) is 24.9 Å². The zero-order valence-corrected chi connectivity index (χ0v) is 15.8. The molecule has 1 fully saturated rings. The number of halogens is 4. The SMILES string of the molecule is O=C(/C=C(\c1ccccc1)C(F)(F)F)Nc1ccc(N2CCNC(=O)C2)c(Cl)c1. The lowest BCUT2D eigenvalue weighted by Crippen LogP contribution is -2.47. The topological polar surface area (TPSA) is 61.4 Å². The van der Waals surface area contributed by atoms with Gasteiger partial charge in [0.05, 0.1) is 22.8 Å². The van der Waals surface area contributed by atoms with Gasteiger partial charge >= 0.3 is 6.18 Å². The number of rotatable bonds is 4. The van der Waals surface area contributed by atoms with Crippen LogP contribution in [0.25, 0.3) is 5.57 Å². The summed E-state index contributed by atoms with van der Waals surface area (Å²) >= 11 is 6.25.